The maximum absolute atomic E-state index is 9.92. The molecule has 0 aliphatic heterocycles. The molecule has 5 aromatic heterocycles. The van der Waals surface area contributed by atoms with Gasteiger partial charge in [0.05, 0.1) is 31.2 Å². The first-order valence-corrected chi connectivity index (χ1v) is 15.2. The first kappa shape index (κ1) is 30.6. The Balaban J connectivity index is 0.901. The normalized spacial score (nSPS) is 11.2. The van der Waals surface area contributed by atoms with E-state index >= 15 is 0 Å². The van der Waals surface area contributed by atoms with E-state index in [0.717, 1.165) is 11.1 Å². The lowest BCUT2D eigenvalue weighted by molar-refractivity contribution is 0.254. The number of ether oxygens (including phenoxy) is 3. The number of aryl methyl sites for hydroxylation is 2. The molecule has 5 heterocycles. The van der Waals surface area contributed by atoms with Gasteiger partial charge in [0.1, 0.15) is 54.2 Å². The van der Waals surface area contributed by atoms with Crippen molar-refractivity contribution in [3.63, 3.8) is 0 Å². The molecule has 7 rings (SSSR count). The van der Waals surface area contributed by atoms with Gasteiger partial charge in [0.2, 0.25) is 5.88 Å². The van der Waals surface area contributed by atoms with E-state index in [1.54, 1.807) is 47.7 Å². The molecule has 0 atom stereocenters. The molecule has 0 spiro atoms. The predicted molar refractivity (Wildman–Crippen MR) is 171 cm³/mol. The maximum Gasteiger partial charge on any atom is 0.263 e. The fourth-order valence-electron chi connectivity index (χ4n) is 4.91. The summed E-state index contributed by atoms with van der Waals surface area (Å²) >= 11 is 0. The van der Waals surface area contributed by atoms with Gasteiger partial charge >= 0.3 is 0 Å². The summed E-state index contributed by atoms with van der Waals surface area (Å²) < 4.78 is 41.7. The minimum absolute atomic E-state index is 0.193. The Hall–Kier alpha value is -6.01. The zero-order valence-electron chi connectivity index (χ0n) is 26.3. The van der Waals surface area contributed by atoms with Gasteiger partial charge in [0, 0.05) is 6.20 Å². The number of hydrogen-bond acceptors (Lipinski definition) is 11. The summed E-state index contributed by atoms with van der Waals surface area (Å²) in [6.45, 7) is 4.79. The molecule has 0 bridgehead atoms. The highest BCUT2D eigenvalue weighted by Crippen LogP contribution is 2.26. The molecule has 244 valence electrons. The monoisotopic (exact) mass is 648 g/mol. The van der Waals surface area contributed by atoms with E-state index in [2.05, 4.69) is 15.1 Å². The van der Waals surface area contributed by atoms with Crippen molar-refractivity contribution in [1.82, 2.24) is 19.7 Å². The molecule has 48 heavy (non-hydrogen) atoms. The zero-order chi connectivity index (χ0) is 32.9. The number of nitrogens with zero attached hydrogens (tertiary/aromatic N) is 4. The lowest BCUT2D eigenvalue weighted by Gasteiger charge is -2.08. The van der Waals surface area contributed by atoms with Gasteiger partial charge in [-0.3, -0.25) is 4.68 Å². The van der Waals surface area contributed by atoms with Crippen LogP contribution in [0.25, 0.3) is 23.3 Å². The second-order valence-electron chi connectivity index (χ2n) is 11.0. The number of rotatable bonds is 14. The number of aromatic nitrogens is 4. The van der Waals surface area contributed by atoms with E-state index in [9.17, 15) is 5.11 Å². The van der Waals surface area contributed by atoms with Crippen LogP contribution in [0.1, 0.15) is 39.6 Å². The van der Waals surface area contributed by atoms with Gasteiger partial charge in [-0.2, -0.15) is 0 Å². The van der Waals surface area contributed by atoms with Crippen molar-refractivity contribution in [2.75, 3.05) is 0 Å². The Kier molecular flexibility index (Phi) is 8.79. The number of benzene rings is 2. The lowest BCUT2D eigenvalue weighted by atomic mass is 10.2. The quantitative estimate of drug-likeness (QED) is 0.127. The summed E-state index contributed by atoms with van der Waals surface area (Å²) in [5.41, 5.74) is 3.93. The number of hydrogen-bond donors (Lipinski definition) is 1. The molecule has 7 aromatic rings. The van der Waals surface area contributed by atoms with Gasteiger partial charge in [-0.05, 0) is 73.5 Å². The standard InChI is InChI=1S/C36H32N4O8/c1-23-30(37-35(47-23)32-5-3-15-42-32)21-44-28-11-7-25(8-12-28)17-40-18-27(19-41)34(39-40)46-20-26-9-13-29(14-10-26)45-22-31-24(2)48-36(38-31)33-6-4-16-43-33/h3-16,18,41H,17,19-22H2,1-2H3. The van der Waals surface area contributed by atoms with Crippen LogP contribution in [0, 0.1) is 13.8 Å². The van der Waals surface area contributed by atoms with Gasteiger partial charge in [-0.25, -0.2) is 9.97 Å². The summed E-state index contributed by atoms with van der Waals surface area (Å²) in [7, 11) is 0. The molecule has 1 N–H and O–H groups in total. The Labute approximate surface area is 275 Å². The summed E-state index contributed by atoms with van der Waals surface area (Å²) in [5, 5.41) is 14.5. The highest BCUT2D eigenvalue weighted by Gasteiger charge is 2.16. The average Bonchev–Trinajstić information content (AvgIpc) is 3.95. The Morgan fingerprint density at radius 2 is 1.21 bits per heavy atom. The van der Waals surface area contributed by atoms with E-state index in [0.29, 0.717) is 75.7 Å². The van der Waals surface area contributed by atoms with E-state index < -0.39 is 0 Å². The van der Waals surface area contributed by atoms with E-state index in [1.807, 2.05) is 62.4 Å². The highest BCUT2D eigenvalue weighted by atomic mass is 16.5. The molecule has 0 saturated carbocycles. The van der Waals surface area contributed by atoms with Crippen molar-refractivity contribution >= 4 is 0 Å². The second-order valence-corrected chi connectivity index (χ2v) is 11.0. The van der Waals surface area contributed by atoms with Crippen molar-refractivity contribution in [3.05, 3.63) is 131 Å². The molecule has 0 radical (unpaired) electrons. The molecule has 12 nitrogen and oxygen atoms in total. The first-order chi connectivity index (χ1) is 23.5. The van der Waals surface area contributed by atoms with Crippen LogP contribution in [0.5, 0.6) is 17.4 Å². The van der Waals surface area contributed by atoms with Gasteiger partial charge in [0.15, 0.2) is 11.5 Å². The van der Waals surface area contributed by atoms with Gasteiger partial charge in [0.25, 0.3) is 11.8 Å². The Morgan fingerprint density at radius 1 is 0.667 bits per heavy atom. The van der Waals surface area contributed by atoms with Crippen LogP contribution >= 0.6 is 0 Å². The molecule has 0 fully saturated rings. The Morgan fingerprint density at radius 3 is 1.71 bits per heavy atom. The molecule has 2 aromatic carbocycles. The topological polar surface area (TPSA) is 144 Å². The van der Waals surface area contributed by atoms with Crippen molar-refractivity contribution in [2.24, 2.45) is 0 Å². The van der Waals surface area contributed by atoms with E-state index in [4.69, 9.17) is 31.9 Å². The largest absolute Gasteiger partial charge is 0.487 e. The zero-order valence-corrected chi connectivity index (χ0v) is 26.3. The number of aliphatic hydroxyl groups excluding tert-OH is 1. The second kappa shape index (κ2) is 13.8. The lowest BCUT2D eigenvalue weighted by Crippen LogP contribution is -2.02. The van der Waals surface area contributed by atoms with Crippen LogP contribution in [0.2, 0.25) is 0 Å². The van der Waals surface area contributed by atoms with Crippen LogP contribution in [-0.2, 0) is 33.0 Å². The van der Waals surface area contributed by atoms with E-state index in [-0.39, 0.29) is 26.4 Å². The van der Waals surface area contributed by atoms with Crippen LogP contribution in [-0.4, -0.2) is 24.9 Å². The fraction of sp³-hybridized carbons (Fsp3) is 0.194. The summed E-state index contributed by atoms with van der Waals surface area (Å²) in [5.74, 6) is 5.10. The molecule has 0 unspecified atom stereocenters. The Bertz CT molecular complexity index is 2060. The highest BCUT2D eigenvalue weighted by molar-refractivity contribution is 5.45. The summed E-state index contributed by atoms with van der Waals surface area (Å²) in [4.78, 5) is 8.96. The minimum atomic E-state index is -0.193. The molecule has 0 amide bonds. The van der Waals surface area contributed by atoms with Crippen molar-refractivity contribution in [1.29, 1.82) is 0 Å². The van der Waals surface area contributed by atoms with Gasteiger partial charge in [-0.15, -0.1) is 5.10 Å². The smallest absolute Gasteiger partial charge is 0.263 e. The molecule has 0 saturated heterocycles. The third-order valence-electron chi connectivity index (χ3n) is 7.54. The maximum atomic E-state index is 9.92. The van der Waals surface area contributed by atoms with E-state index in [1.165, 1.54) is 0 Å². The molecule has 0 aliphatic carbocycles. The van der Waals surface area contributed by atoms with Crippen LogP contribution in [0.4, 0.5) is 0 Å². The SMILES string of the molecule is Cc1oc(-c2ccco2)nc1COc1ccc(COc2nn(Cc3ccc(OCc4nc(-c5ccco5)oc4C)cc3)cc2CO)cc1. The molecular weight excluding hydrogens is 616 g/mol. The fourth-order valence-corrected chi connectivity index (χ4v) is 4.91. The van der Waals surface area contributed by atoms with Crippen LogP contribution < -0.4 is 14.2 Å². The molecule has 0 aliphatic rings. The molecular formula is C36H32N4O8. The minimum Gasteiger partial charge on any atom is -0.487 e. The van der Waals surface area contributed by atoms with Crippen molar-refractivity contribution in [3.8, 4) is 40.7 Å². The third-order valence-corrected chi connectivity index (χ3v) is 7.54. The van der Waals surface area contributed by atoms with Crippen LogP contribution in [0.3, 0.4) is 0 Å². The first-order valence-electron chi connectivity index (χ1n) is 15.2. The number of aliphatic hydroxyl groups is 1. The van der Waals surface area contributed by atoms with Crippen LogP contribution in [0.15, 0.2) is 109 Å². The molecule has 12 heteroatoms. The van der Waals surface area contributed by atoms with Gasteiger partial charge < -0.3 is 37.0 Å². The third kappa shape index (κ3) is 7.03. The summed E-state index contributed by atoms with van der Waals surface area (Å²) in [6, 6.07) is 22.4. The van der Waals surface area contributed by atoms with Crippen molar-refractivity contribution < 1.29 is 37.0 Å². The predicted octanol–water partition coefficient (Wildman–Crippen LogP) is 7.27. The number of oxazole rings is 2. The number of furan rings is 2. The van der Waals surface area contributed by atoms with Gasteiger partial charge in [-0.1, -0.05) is 24.3 Å². The average molecular weight is 649 g/mol. The summed E-state index contributed by atoms with van der Waals surface area (Å²) in [6.07, 6.45) is 4.94. The van der Waals surface area contributed by atoms with Crippen molar-refractivity contribution in [2.45, 2.75) is 46.8 Å².